The molecular weight excluding hydrogens is 322 g/mol. The molecule has 0 fully saturated rings. The molecule has 0 radical (unpaired) electrons. The summed E-state index contributed by atoms with van der Waals surface area (Å²) in [6.45, 7) is 5.50. The van der Waals surface area contributed by atoms with Gasteiger partial charge in [-0.15, -0.1) is 0 Å². The first kappa shape index (κ1) is 16.7. The van der Waals surface area contributed by atoms with E-state index in [1.54, 1.807) is 13.8 Å². The largest absolute Gasteiger partial charge is 0.481 e. The van der Waals surface area contributed by atoms with E-state index in [9.17, 15) is 14.7 Å². The first-order chi connectivity index (χ1) is 9.34. The van der Waals surface area contributed by atoms with Crippen molar-refractivity contribution in [3.05, 3.63) is 28.2 Å². The van der Waals surface area contributed by atoms with Gasteiger partial charge in [-0.1, -0.05) is 35.8 Å². The smallest absolute Gasteiger partial charge is 0.310 e. The minimum absolute atomic E-state index is 0.0126. The highest BCUT2D eigenvalue weighted by atomic mass is 79.9. The average Bonchev–Trinajstić information content (AvgIpc) is 2.40. The maximum Gasteiger partial charge on any atom is 0.310 e. The fraction of sp³-hybridized carbons (Fsp3) is 0.467. The van der Waals surface area contributed by atoms with Crippen molar-refractivity contribution >= 4 is 33.5 Å². The molecule has 0 atom stereocenters. The van der Waals surface area contributed by atoms with Crippen LogP contribution in [0.5, 0.6) is 0 Å². The molecule has 0 aliphatic heterocycles. The van der Waals surface area contributed by atoms with Gasteiger partial charge in [-0.05, 0) is 37.5 Å². The fourth-order valence-corrected chi connectivity index (χ4v) is 2.47. The van der Waals surface area contributed by atoms with Gasteiger partial charge in [-0.3, -0.25) is 9.59 Å². The van der Waals surface area contributed by atoms with Crippen LogP contribution in [-0.2, 0) is 9.59 Å². The van der Waals surface area contributed by atoms with Crippen LogP contribution in [-0.4, -0.2) is 17.0 Å². The molecule has 0 aliphatic carbocycles. The molecule has 0 aliphatic rings. The van der Waals surface area contributed by atoms with Crippen molar-refractivity contribution in [1.29, 1.82) is 0 Å². The highest BCUT2D eigenvalue weighted by Crippen LogP contribution is 2.31. The zero-order valence-electron chi connectivity index (χ0n) is 12.0. The van der Waals surface area contributed by atoms with E-state index >= 15 is 0 Å². The highest BCUT2D eigenvalue weighted by molar-refractivity contribution is 9.10. The highest BCUT2D eigenvalue weighted by Gasteiger charge is 2.37. The summed E-state index contributed by atoms with van der Waals surface area (Å²) < 4.78 is 0.869. The molecule has 20 heavy (non-hydrogen) atoms. The summed E-state index contributed by atoms with van der Waals surface area (Å²) >= 11 is 3.35. The lowest BCUT2D eigenvalue weighted by Crippen LogP contribution is -2.34. The molecule has 0 heterocycles. The first-order valence-electron chi connectivity index (χ1n) is 6.64. The maximum atomic E-state index is 12.1. The van der Waals surface area contributed by atoms with Gasteiger partial charge in [0.05, 0.1) is 5.41 Å². The summed E-state index contributed by atoms with van der Waals surface area (Å²) in [7, 11) is 0. The van der Waals surface area contributed by atoms with Crippen molar-refractivity contribution in [3.63, 3.8) is 0 Å². The molecule has 0 spiro atoms. The molecular formula is C15H20BrNO3. The molecule has 2 N–H and O–H groups in total. The lowest BCUT2D eigenvalue weighted by molar-refractivity contribution is -0.151. The number of aryl methyl sites for hydroxylation is 1. The third kappa shape index (κ3) is 3.82. The van der Waals surface area contributed by atoms with E-state index < -0.39 is 11.4 Å². The molecule has 4 nitrogen and oxygen atoms in total. The van der Waals surface area contributed by atoms with E-state index in [1.165, 1.54) is 0 Å². The Morgan fingerprint density at radius 2 is 1.90 bits per heavy atom. The van der Waals surface area contributed by atoms with Crippen LogP contribution >= 0.6 is 15.9 Å². The van der Waals surface area contributed by atoms with Gasteiger partial charge in [0.2, 0.25) is 5.91 Å². The normalized spacial score (nSPS) is 11.2. The summed E-state index contributed by atoms with van der Waals surface area (Å²) in [5, 5.41) is 12.1. The molecule has 0 bridgehead atoms. The molecule has 0 unspecified atom stereocenters. The number of anilines is 1. The van der Waals surface area contributed by atoms with Crippen LogP contribution in [0.3, 0.4) is 0 Å². The second-order valence-corrected chi connectivity index (χ2v) is 5.89. The van der Waals surface area contributed by atoms with Crippen LogP contribution in [0.4, 0.5) is 5.69 Å². The Balaban J connectivity index is 2.86. The third-order valence-electron chi connectivity index (χ3n) is 3.78. The molecule has 0 saturated carbocycles. The van der Waals surface area contributed by atoms with Crippen LogP contribution in [0.1, 0.15) is 38.7 Å². The summed E-state index contributed by atoms with van der Waals surface area (Å²) in [6, 6.07) is 5.60. The standard InChI is InChI=1S/C15H20BrNO3/c1-4-15(5-2,14(19)20)9-13(18)17-12-8-11(16)7-6-10(12)3/h6-8H,4-5,9H2,1-3H3,(H,17,18)(H,19,20). The number of hydrogen-bond donors (Lipinski definition) is 2. The van der Waals surface area contributed by atoms with Gasteiger partial charge in [0.15, 0.2) is 0 Å². The molecule has 5 heteroatoms. The molecule has 1 aromatic rings. The quantitative estimate of drug-likeness (QED) is 0.822. The van der Waals surface area contributed by atoms with Crippen LogP contribution in [0.25, 0.3) is 0 Å². The molecule has 1 rings (SSSR count). The van der Waals surface area contributed by atoms with Crippen molar-refractivity contribution in [2.45, 2.75) is 40.0 Å². The number of hydrogen-bond acceptors (Lipinski definition) is 2. The van der Waals surface area contributed by atoms with E-state index in [4.69, 9.17) is 0 Å². The molecule has 1 amide bonds. The van der Waals surface area contributed by atoms with Crippen molar-refractivity contribution in [2.75, 3.05) is 5.32 Å². The zero-order chi connectivity index (χ0) is 15.3. The number of nitrogens with one attached hydrogen (secondary N) is 1. The molecule has 1 aromatic carbocycles. The van der Waals surface area contributed by atoms with Crippen LogP contribution < -0.4 is 5.32 Å². The Kier molecular flexibility index (Phi) is 5.74. The zero-order valence-corrected chi connectivity index (χ0v) is 13.6. The molecule has 0 saturated heterocycles. The summed E-state index contributed by atoms with van der Waals surface area (Å²) in [5.74, 6) is -1.18. The Labute approximate surface area is 127 Å². The van der Waals surface area contributed by atoms with E-state index in [2.05, 4.69) is 21.2 Å². The van der Waals surface area contributed by atoms with Gasteiger partial charge in [-0.2, -0.15) is 0 Å². The Morgan fingerprint density at radius 3 is 2.40 bits per heavy atom. The van der Waals surface area contributed by atoms with Crippen LogP contribution in [0.2, 0.25) is 0 Å². The summed E-state index contributed by atoms with van der Waals surface area (Å²) in [4.78, 5) is 23.5. The van der Waals surface area contributed by atoms with Crippen molar-refractivity contribution in [1.82, 2.24) is 0 Å². The van der Waals surface area contributed by atoms with Gasteiger partial charge in [0.1, 0.15) is 0 Å². The van der Waals surface area contributed by atoms with Crippen molar-refractivity contribution in [3.8, 4) is 0 Å². The SMILES string of the molecule is CCC(CC)(CC(=O)Nc1cc(Br)ccc1C)C(=O)O. The fourth-order valence-electron chi connectivity index (χ4n) is 2.11. The van der Waals surface area contributed by atoms with Crippen LogP contribution in [0.15, 0.2) is 22.7 Å². The van der Waals surface area contributed by atoms with Crippen molar-refractivity contribution in [2.24, 2.45) is 5.41 Å². The summed E-state index contributed by atoms with van der Waals surface area (Å²) in [5.41, 5.74) is 0.663. The topological polar surface area (TPSA) is 66.4 Å². The Hall–Kier alpha value is -1.36. The lowest BCUT2D eigenvalue weighted by Gasteiger charge is -2.26. The average molecular weight is 342 g/mol. The van der Waals surface area contributed by atoms with Gasteiger partial charge < -0.3 is 10.4 Å². The number of benzene rings is 1. The summed E-state index contributed by atoms with van der Waals surface area (Å²) in [6.07, 6.45) is 0.856. The number of carbonyl (C=O) groups excluding carboxylic acids is 1. The second kappa shape index (κ2) is 6.88. The van der Waals surface area contributed by atoms with E-state index in [0.717, 1.165) is 10.0 Å². The Morgan fingerprint density at radius 1 is 1.30 bits per heavy atom. The minimum Gasteiger partial charge on any atom is -0.481 e. The molecule has 110 valence electrons. The third-order valence-corrected chi connectivity index (χ3v) is 4.27. The van der Waals surface area contributed by atoms with Gasteiger partial charge in [-0.25, -0.2) is 0 Å². The predicted octanol–water partition coefficient (Wildman–Crippen LogP) is 3.98. The number of aliphatic carboxylic acids is 1. The lowest BCUT2D eigenvalue weighted by atomic mass is 9.79. The predicted molar refractivity (Wildman–Crippen MR) is 82.8 cm³/mol. The van der Waals surface area contributed by atoms with Gasteiger partial charge >= 0.3 is 5.97 Å². The number of amides is 1. The van der Waals surface area contributed by atoms with Crippen molar-refractivity contribution < 1.29 is 14.7 Å². The maximum absolute atomic E-state index is 12.1. The number of carbonyl (C=O) groups is 2. The van der Waals surface area contributed by atoms with Gasteiger partial charge in [0.25, 0.3) is 0 Å². The number of carboxylic acid groups (broad SMARTS) is 1. The van der Waals surface area contributed by atoms with E-state index in [-0.39, 0.29) is 12.3 Å². The monoisotopic (exact) mass is 341 g/mol. The van der Waals surface area contributed by atoms with E-state index in [0.29, 0.717) is 18.5 Å². The van der Waals surface area contributed by atoms with Crippen LogP contribution in [0, 0.1) is 12.3 Å². The number of rotatable bonds is 6. The first-order valence-corrected chi connectivity index (χ1v) is 7.43. The van der Waals surface area contributed by atoms with Gasteiger partial charge in [0, 0.05) is 16.6 Å². The number of halogens is 1. The second-order valence-electron chi connectivity index (χ2n) is 4.98. The van der Waals surface area contributed by atoms with E-state index in [1.807, 2.05) is 25.1 Å². The molecule has 0 aromatic heterocycles. The Bertz CT molecular complexity index is 510. The minimum atomic E-state index is -0.982. The number of carboxylic acids is 1.